The highest BCUT2D eigenvalue weighted by Gasteiger charge is 2.58. The molecule has 2 fully saturated rings. The fraction of sp³-hybridized carbons (Fsp3) is 0.344. The Morgan fingerprint density at radius 1 is 0.821 bits per heavy atom. The van der Waals surface area contributed by atoms with Crippen molar-refractivity contribution in [3.05, 3.63) is 108 Å². The van der Waals surface area contributed by atoms with Gasteiger partial charge in [0.05, 0.1) is 25.2 Å². The van der Waals surface area contributed by atoms with Gasteiger partial charge in [-0.3, -0.25) is 9.59 Å². The summed E-state index contributed by atoms with van der Waals surface area (Å²) in [7, 11) is 0. The van der Waals surface area contributed by atoms with E-state index in [2.05, 4.69) is 5.32 Å². The van der Waals surface area contributed by atoms with Crippen molar-refractivity contribution < 1.29 is 19.1 Å². The SMILES string of the molecule is CCCNC(=O)C1C(c2ccccc2)C(C(=O)c2ccccc2)C(c2ccccc2)N1C(=O)N1CCOCC1. The molecule has 4 unspecified atom stereocenters. The maximum absolute atomic E-state index is 14.4. The minimum absolute atomic E-state index is 0.0797. The first kappa shape index (κ1) is 26.6. The Morgan fingerprint density at radius 3 is 1.97 bits per heavy atom. The molecule has 202 valence electrons. The molecule has 7 nitrogen and oxygen atoms in total. The lowest BCUT2D eigenvalue weighted by Gasteiger charge is -2.37. The molecule has 2 saturated heterocycles. The van der Waals surface area contributed by atoms with E-state index in [1.54, 1.807) is 9.80 Å². The molecule has 2 heterocycles. The standard InChI is InChI=1S/C32H35N3O4/c1-2-18-33-31(37)29-26(23-12-6-3-7-13-23)27(30(36)25-16-10-5-11-17-25)28(24-14-8-4-9-15-24)35(29)32(38)34-19-21-39-22-20-34/h3-17,26-29H,2,18-22H2,1H3,(H,33,37). The van der Waals surface area contributed by atoms with Crippen molar-refractivity contribution >= 4 is 17.7 Å². The second-order valence-corrected chi connectivity index (χ2v) is 10.1. The van der Waals surface area contributed by atoms with Crippen molar-refractivity contribution in [3.63, 3.8) is 0 Å². The summed E-state index contributed by atoms with van der Waals surface area (Å²) in [6, 6.07) is 26.8. The fourth-order valence-corrected chi connectivity index (χ4v) is 5.89. The van der Waals surface area contributed by atoms with Crippen LogP contribution in [0.15, 0.2) is 91.0 Å². The van der Waals surface area contributed by atoms with Crippen molar-refractivity contribution in [2.45, 2.75) is 31.3 Å². The summed E-state index contributed by atoms with van der Waals surface area (Å²) in [6.07, 6.45) is 0.764. The molecule has 39 heavy (non-hydrogen) atoms. The highest BCUT2D eigenvalue weighted by molar-refractivity contribution is 6.01. The van der Waals surface area contributed by atoms with E-state index in [9.17, 15) is 14.4 Å². The number of urea groups is 1. The number of ketones is 1. The smallest absolute Gasteiger partial charge is 0.321 e. The first-order valence-electron chi connectivity index (χ1n) is 13.7. The number of carbonyl (C=O) groups is 3. The van der Waals surface area contributed by atoms with Crippen LogP contribution < -0.4 is 5.32 Å². The topological polar surface area (TPSA) is 79.0 Å². The van der Waals surface area contributed by atoms with E-state index < -0.39 is 23.9 Å². The third kappa shape index (κ3) is 5.45. The Balaban J connectivity index is 1.72. The molecule has 4 atom stereocenters. The molecule has 2 aliphatic heterocycles. The average molecular weight is 526 g/mol. The first-order chi connectivity index (χ1) is 19.1. The number of amides is 3. The van der Waals surface area contributed by atoms with Crippen LogP contribution in [0, 0.1) is 5.92 Å². The number of hydrogen-bond donors (Lipinski definition) is 1. The van der Waals surface area contributed by atoms with Crippen LogP contribution in [0.1, 0.15) is 46.8 Å². The number of carbonyl (C=O) groups excluding carboxylic acids is 3. The van der Waals surface area contributed by atoms with E-state index in [4.69, 9.17) is 4.74 Å². The van der Waals surface area contributed by atoms with Crippen molar-refractivity contribution in [2.24, 2.45) is 5.92 Å². The number of Topliss-reactive ketones (excluding diaryl/α,β-unsaturated/α-hetero) is 1. The van der Waals surface area contributed by atoms with Gasteiger partial charge in [-0.1, -0.05) is 97.9 Å². The van der Waals surface area contributed by atoms with Gasteiger partial charge in [-0.25, -0.2) is 4.79 Å². The van der Waals surface area contributed by atoms with Gasteiger partial charge in [0.1, 0.15) is 6.04 Å². The minimum atomic E-state index is -0.864. The fourth-order valence-electron chi connectivity index (χ4n) is 5.89. The molecule has 0 radical (unpaired) electrons. The number of ether oxygens (including phenoxy) is 1. The molecule has 1 N–H and O–H groups in total. The normalized spacial score (nSPS) is 22.9. The van der Waals surface area contributed by atoms with Crippen LogP contribution in [0.3, 0.4) is 0 Å². The Morgan fingerprint density at radius 2 is 1.38 bits per heavy atom. The van der Waals surface area contributed by atoms with Crippen molar-refractivity contribution in [2.75, 3.05) is 32.8 Å². The molecule has 5 rings (SSSR count). The average Bonchev–Trinajstić information content (AvgIpc) is 3.37. The highest BCUT2D eigenvalue weighted by Crippen LogP contribution is 2.51. The molecule has 0 spiro atoms. The summed E-state index contributed by atoms with van der Waals surface area (Å²) in [5, 5.41) is 3.05. The summed E-state index contributed by atoms with van der Waals surface area (Å²) < 4.78 is 5.51. The van der Waals surface area contributed by atoms with Crippen molar-refractivity contribution in [1.29, 1.82) is 0 Å². The van der Waals surface area contributed by atoms with Crippen LogP contribution in [0.5, 0.6) is 0 Å². The molecular formula is C32H35N3O4. The van der Waals surface area contributed by atoms with E-state index >= 15 is 0 Å². The number of likely N-dealkylation sites (tertiary alicyclic amines) is 1. The Kier molecular flexibility index (Phi) is 8.37. The zero-order valence-electron chi connectivity index (χ0n) is 22.2. The molecule has 7 heteroatoms. The Labute approximate surface area is 229 Å². The third-order valence-corrected chi connectivity index (χ3v) is 7.67. The zero-order valence-corrected chi connectivity index (χ0v) is 22.2. The van der Waals surface area contributed by atoms with Crippen LogP contribution >= 0.6 is 0 Å². The van der Waals surface area contributed by atoms with Gasteiger partial charge < -0.3 is 19.9 Å². The van der Waals surface area contributed by atoms with Crippen LogP contribution in [-0.4, -0.2) is 66.4 Å². The minimum Gasteiger partial charge on any atom is -0.378 e. The number of hydrogen-bond acceptors (Lipinski definition) is 4. The Hall–Kier alpha value is -3.97. The van der Waals surface area contributed by atoms with E-state index in [1.807, 2.05) is 97.9 Å². The summed E-state index contributed by atoms with van der Waals surface area (Å²) in [6.45, 7) is 4.24. The van der Waals surface area contributed by atoms with Gasteiger partial charge >= 0.3 is 6.03 Å². The van der Waals surface area contributed by atoms with Crippen molar-refractivity contribution in [3.8, 4) is 0 Å². The largest absolute Gasteiger partial charge is 0.378 e. The maximum atomic E-state index is 14.4. The lowest BCUT2D eigenvalue weighted by atomic mass is 9.76. The van der Waals surface area contributed by atoms with Crippen LogP contribution in [-0.2, 0) is 9.53 Å². The number of rotatable bonds is 7. The third-order valence-electron chi connectivity index (χ3n) is 7.67. The van der Waals surface area contributed by atoms with E-state index in [0.29, 0.717) is 38.4 Å². The van der Waals surface area contributed by atoms with Gasteiger partial charge in [0.25, 0.3) is 0 Å². The van der Waals surface area contributed by atoms with Crippen LogP contribution in [0.2, 0.25) is 0 Å². The molecule has 2 aliphatic rings. The molecule has 0 saturated carbocycles. The van der Waals surface area contributed by atoms with E-state index in [0.717, 1.165) is 17.5 Å². The lowest BCUT2D eigenvalue weighted by Crippen LogP contribution is -2.54. The Bertz CT molecular complexity index is 1260. The predicted octanol–water partition coefficient (Wildman–Crippen LogP) is 4.67. The summed E-state index contributed by atoms with van der Waals surface area (Å²) >= 11 is 0. The molecule has 0 aromatic heterocycles. The van der Waals surface area contributed by atoms with Crippen LogP contribution in [0.4, 0.5) is 4.79 Å². The second-order valence-electron chi connectivity index (χ2n) is 10.1. The molecule has 3 aromatic carbocycles. The van der Waals surface area contributed by atoms with Gasteiger partial charge in [-0.15, -0.1) is 0 Å². The number of benzene rings is 3. The predicted molar refractivity (Wildman–Crippen MR) is 149 cm³/mol. The first-order valence-corrected chi connectivity index (χ1v) is 13.7. The lowest BCUT2D eigenvalue weighted by molar-refractivity contribution is -0.125. The molecule has 0 aliphatic carbocycles. The number of nitrogens with one attached hydrogen (secondary N) is 1. The zero-order chi connectivity index (χ0) is 27.2. The van der Waals surface area contributed by atoms with Crippen LogP contribution in [0.25, 0.3) is 0 Å². The van der Waals surface area contributed by atoms with Gasteiger partial charge in [0.2, 0.25) is 5.91 Å². The summed E-state index contributed by atoms with van der Waals surface area (Å²) in [5.74, 6) is -1.52. The summed E-state index contributed by atoms with van der Waals surface area (Å²) in [5.41, 5.74) is 2.26. The van der Waals surface area contributed by atoms with Crippen molar-refractivity contribution in [1.82, 2.24) is 15.1 Å². The quantitative estimate of drug-likeness (QED) is 0.455. The maximum Gasteiger partial charge on any atom is 0.321 e. The number of nitrogens with zero attached hydrogens (tertiary/aromatic N) is 2. The van der Waals surface area contributed by atoms with Gasteiger partial charge in [-0.2, -0.15) is 0 Å². The molecule has 0 bridgehead atoms. The molecule has 3 amide bonds. The highest BCUT2D eigenvalue weighted by atomic mass is 16.5. The van der Waals surface area contributed by atoms with E-state index in [1.165, 1.54) is 0 Å². The van der Waals surface area contributed by atoms with Gasteiger partial charge in [0, 0.05) is 31.1 Å². The second kappa shape index (κ2) is 12.3. The molecular weight excluding hydrogens is 490 g/mol. The van der Waals surface area contributed by atoms with Gasteiger partial charge in [-0.05, 0) is 17.5 Å². The van der Waals surface area contributed by atoms with Gasteiger partial charge in [0.15, 0.2) is 5.78 Å². The summed E-state index contributed by atoms with van der Waals surface area (Å²) in [4.78, 5) is 46.2. The molecule has 3 aromatic rings. The van der Waals surface area contributed by atoms with E-state index in [-0.39, 0.29) is 17.7 Å². The monoisotopic (exact) mass is 525 g/mol. The number of morpholine rings is 1.